The quantitative estimate of drug-likeness (QED) is 0.453. The molecule has 0 radical (unpaired) electrons. The molecule has 0 saturated carbocycles. The number of benzene rings is 3. The molecule has 3 aromatic carbocycles. The van der Waals surface area contributed by atoms with Crippen LogP contribution in [0.3, 0.4) is 0 Å². The molecule has 1 atom stereocenters. The third kappa shape index (κ3) is 5.55. The first kappa shape index (κ1) is 22.0. The van der Waals surface area contributed by atoms with E-state index >= 15 is 0 Å². The Kier molecular flexibility index (Phi) is 7.19. The van der Waals surface area contributed by atoms with E-state index in [0.29, 0.717) is 39.3 Å². The van der Waals surface area contributed by atoms with Gasteiger partial charge in [0, 0.05) is 17.9 Å². The molecule has 1 aliphatic rings. The van der Waals surface area contributed by atoms with Gasteiger partial charge in [-0.2, -0.15) is 0 Å². The average Bonchev–Trinajstić information content (AvgIpc) is 3.33. The summed E-state index contributed by atoms with van der Waals surface area (Å²) in [6.45, 7) is 1.26. The summed E-state index contributed by atoms with van der Waals surface area (Å²) in [7, 11) is 0. The fourth-order valence-corrected chi connectivity index (χ4v) is 3.92. The third-order valence-electron chi connectivity index (χ3n) is 5.09. The van der Waals surface area contributed by atoms with Crippen molar-refractivity contribution in [3.8, 4) is 5.75 Å². The van der Waals surface area contributed by atoms with Crippen LogP contribution in [0.1, 0.15) is 33.6 Å². The lowest BCUT2D eigenvalue weighted by Gasteiger charge is -2.14. The van der Waals surface area contributed by atoms with Gasteiger partial charge in [-0.1, -0.05) is 30.3 Å². The molecule has 2 N–H and O–H groups in total. The summed E-state index contributed by atoms with van der Waals surface area (Å²) in [6, 6.07) is 21.2. The third-order valence-corrected chi connectivity index (χ3v) is 5.71. The molecule has 0 aliphatic carbocycles. The van der Waals surface area contributed by atoms with Crippen LogP contribution in [0.25, 0.3) is 0 Å². The number of ether oxygens (including phenoxy) is 2. The summed E-state index contributed by atoms with van der Waals surface area (Å²) in [5.41, 5.74) is 1.93. The summed E-state index contributed by atoms with van der Waals surface area (Å²) < 4.78 is 12.1. The lowest BCUT2D eigenvalue weighted by atomic mass is 10.1. The van der Waals surface area contributed by atoms with Gasteiger partial charge in [-0.25, -0.2) is 0 Å². The maximum atomic E-state index is 12.9. The second-order valence-corrected chi connectivity index (χ2v) is 8.27. The van der Waals surface area contributed by atoms with E-state index in [0.717, 1.165) is 19.4 Å². The van der Waals surface area contributed by atoms with Gasteiger partial charge >= 0.3 is 0 Å². The zero-order valence-electron chi connectivity index (χ0n) is 17.3. The summed E-state index contributed by atoms with van der Waals surface area (Å²) in [4.78, 5) is 25.6. The lowest BCUT2D eigenvalue weighted by molar-refractivity contribution is 0.0677. The Morgan fingerprint density at radius 1 is 0.969 bits per heavy atom. The number of carbonyl (C=O) groups excluding carboxylic acids is 2. The van der Waals surface area contributed by atoms with Gasteiger partial charge < -0.3 is 20.1 Å². The first-order chi connectivity index (χ1) is 15.6. The van der Waals surface area contributed by atoms with E-state index < -0.39 is 0 Å². The van der Waals surface area contributed by atoms with Gasteiger partial charge in [0.05, 0.1) is 21.8 Å². The smallest absolute Gasteiger partial charge is 0.257 e. The lowest BCUT2D eigenvalue weighted by Crippen LogP contribution is -2.18. The van der Waals surface area contributed by atoms with E-state index in [1.54, 1.807) is 54.6 Å². The maximum Gasteiger partial charge on any atom is 0.257 e. The van der Waals surface area contributed by atoms with Crippen LogP contribution in [-0.4, -0.2) is 31.1 Å². The van der Waals surface area contributed by atoms with Crippen molar-refractivity contribution < 1.29 is 19.1 Å². The number of hydrogen-bond donors (Lipinski definition) is 2. The Hall–Kier alpha value is -3.16. The second-order valence-electron chi connectivity index (χ2n) is 7.41. The van der Waals surface area contributed by atoms with Crippen molar-refractivity contribution in [1.29, 1.82) is 0 Å². The van der Waals surface area contributed by atoms with Gasteiger partial charge in [0.2, 0.25) is 0 Å². The number of anilines is 2. The highest BCUT2D eigenvalue weighted by molar-refractivity contribution is 9.10. The highest BCUT2D eigenvalue weighted by atomic mass is 79.9. The first-order valence-corrected chi connectivity index (χ1v) is 11.2. The van der Waals surface area contributed by atoms with E-state index in [4.69, 9.17) is 9.47 Å². The summed E-state index contributed by atoms with van der Waals surface area (Å²) in [5.74, 6) is 0.0298. The summed E-state index contributed by atoms with van der Waals surface area (Å²) >= 11 is 3.48. The molecule has 1 heterocycles. The van der Waals surface area contributed by atoms with E-state index in [2.05, 4.69) is 26.6 Å². The highest BCUT2D eigenvalue weighted by Gasteiger charge is 2.18. The molecular weight excluding hydrogens is 472 g/mol. The molecule has 3 aromatic rings. The van der Waals surface area contributed by atoms with Gasteiger partial charge in [-0.05, 0) is 71.2 Å². The summed E-state index contributed by atoms with van der Waals surface area (Å²) in [6.07, 6.45) is 2.16. The van der Waals surface area contributed by atoms with E-state index in [9.17, 15) is 9.59 Å². The normalized spacial score (nSPS) is 15.2. The van der Waals surface area contributed by atoms with Crippen LogP contribution in [0.15, 0.2) is 77.3 Å². The van der Waals surface area contributed by atoms with Gasteiger partial charge in [0.1, 0.15) is 12.4 Å². The van der Waals surface area contributed by atoms with Crippen LogP contribution in [0.2, 0.25) is 0 Å². The van der Waals surface area contributed by atoms with Crippen LogP contribution >= 0.6 is 15.9 Å². The van der Waals surface area contributed by atoms with Gasteiger partial charge in [-0.15, -0.1) is 0 Å². The Labute approximate surface area is 195 Å². The fraction of sp³-hybridized carbons (Fsp3) is 0.200. The largest absolute Gasteiger partial charge is 0.490 e. The first-order valence-electron chi connectivity index (χ1n) is 10.4. The standard InChI is InChI=1S/C25H23BrN2O4/c26-21-15-17(12-13-23(21)32-16-19-9-6-14-31-19)24(29)28-22-11-5-4-10-20(22)25(30)27-18-7-2-1-3-8-18/h1-5,7-8,10-13,15,19H,6,9,14,16H2,(H,27,30)(H,28,29). The maximum absolute atomic E-state index is 12.9. The average molecular weight is 495 g/mol. The van der Waals surface area contributed by atoms with Gasteiger partial charge in [0.25, 0.3) is 11.8 Å². The molecule has 0 bridgehead atoms. The number of rotatable bonds is 7. The van der Waals surface area contributed by atoms with Crippen LogP contribution in [0.4, 0.5) is 11.4 Å². The van der Waals surface area contributed by atoms with Crippen molar-refractivity contribution in [3.05, 3.63) is 88.4 Å². The zero-order chi connectivity index (χ0) is 22.3. The van der Waals surface area contributed by atoms with E-state index in [1.165, 1.54) is 0 Å². The summed E-state index contributed by atoms with van der Waals surface area (Å²) in [5, 5.41) is 5.68. The molecule has 4 rings (SSSR count). The predicted molar refractivity (Wildman–Crippen MR) is 127 cm³/mol. The predicted octanol–water partition coefficient (Wildman–Crippen LogP) is 5.51. The Morgan fingerprint density at radius 3 is 2.50 bits per heavy atom. The van der Waals surface area contributed by atoms with E-state index in [-0.39, 0.29) is 17.9 Å². The van der Waals surface area contributed by atoms with Crippen molar-refractivity contribution in [2.24, 2.45) is 0 Å². The minimum Gasteiger partial charge on any atom is -0.490 e. The molecule has 7 heteroatoms. The number of amides is 2. The number of halogens is 1. The Bertz CT molecular complexity index is 1100. The molecule has 6 nitrogen and oxygen atoms in total. The monoisotopic (exact) mass is 494 g/mol. The molecule has 1 aliphatic heterocycles. The van der Waals surface area contributed by atoms with Crippen molar-refractivity contribution in [3.63, 3.8) is 0 Å². The van der Waals surface area contributed by atoms with E-state index in [1.807, 2.05) is 18.2 Å². The highest BCUT2D eigenvalue weighted by Crippen LogP contribution is 2.28. The van der Waals surface area contributed by atoms with Crippen LogP contribution < -0.4 is 15.4 Å². The SMILES string of the molecule is O=C(Nc1ccccc1C(=O)Nc1ccccc1)c1ccc(OCC2CCCO2)c(Br)c1. The molecule has 32 heavy (non-hydrogen) atoms. The van der Waals surface area contributed by atoms with Crippen molar-refractivity contribution in [2.45, 2.75) is 18.9 Å². The molecule has 2 amide bonds. The number of para-hydroxylation sites is 2. The van der Waals surface area contributed by atoms with Crippen molar-refractivity contribution in [1.82, 2.24) is 0 Å². The topological polar surface area (TPSA) is 76.7 Å². The minimum atomic E-state index is -0.323. The molecule has 0 spiro atoms. The number of nitrogens with one attached hydrogen (secondary N) is 2. The Morgan fingerprint density at radius 2 is 1.75 bits per heavy atom. The van der Waals surface area contributed by atoms with Crippen LogP contribution in [0, 0.1) is 0 Å². The van der Waals surface area contributed by atoms with Crippen molar-refractivity contribution >= 4 is 39.1 Å². The fourth-order valence-electron chi connectivity index (χ4n) is 3.42. The molecule has 0 aromatic heterocycles. The van der Waals surface area contributed by atoms with Crippen molar-refractivity contribution in [2.75, 3.05) is 23.8 Å². The molecular formula is C25H23BrN2O4. The number of carbonyl (C=O) groups is 2. The van der Waals surface area contributed by atoms with Crippen LogP contribution in [-0.2, 0) is 4.74 Å². The Balaban J connectivity index is 1.43. The molecule has 164 valence electrons. The minimum absolute atomic E-state index is 0.114. The van der Waals surface area contributed by atoms with Gasteiger partial charge in [-0.3, -0.25) is 9.59 Å². The van der Waals surface area contributed by atoms with Gasteiger partial charge in [0.15, 0.2) is 0 Å². The van der Waals surface area contributed by atoms with Crippen LogP contribution in [0.5, 0.6) is 5.75 Å². The molecule has 1 saturated heterocycles. The number of hydrogen-bond acceptors (Lipinski definition) is 4. The zero-order valence-corrected chi connectivity index (χ0v) is 18.9. The molecule has 1 unspecified atom stereocenters. The second kappa shape index (κ2) is 10.4. The molecule has 1 fully saturated rings.